The zero-order valence-corrected chi connectivity index (χ0v) is 10.6. The van der Waals surface area contributed by atoms with E-state index >= 15 is 0 Å². The van der Waals surface area contributed by atoms with Crippen molar-refractivity contribution >= 4 is 0 Å². The van der Waals surface area contributed by atoms with Crippen molar-refractivity contribution in [3.05, 3.63) is 23.5 Å². The van der Waals surface area contributed by atoms with E-state index in [9.17, 15) is 4.39 Å². The maximum Gasteiger partial charge on any atom is 0.164 e. The first-order chi connectivity index (χ1) is 8.65. The molecule has 3 rings (SSSR count). The molecular formula is C14H17FO3. The Morgan fingerprint density at radius 1 is 1.28 bits per heavy atom. The average molecular weight is 252 g/mol. The highest BCUT2D eigenvalue weighted by Gasteiger charge is 2.36. The molecule has 1 saturated heterocycles. The van der Waals surface area contributed by atoms with Gasteiger partial charge in [-0.3, -0.25) is 0 Å². The summed E-state index contributed by atoms with van der Waals surface area (Å²) in [6.45, 7) is 5.06. The summed E-state index contributed by atoms with van der Waals surface area (Å²) in [5.74, 6) is 1.05. The average Bonchev–Trinajstić information content (AvgIpc) is 3.03. The predicted molar refractivity (Wildman–Crippen MR) is 64.8 cm³/mol. The van der Waals surface area contributed by atoms with Crippen molar-refractivity contribution in [2.45, 2.75) is 38.4 Å². The number of rotatable bonds is 3. The highest BCUT2D eigenvalue weighted by molar-refractivity contribution is 5.45. The van der Waals surface area contributed by atoms with Gasteiger partial charge in [0.1, 0.15) is 19.0 Å². The van der Waals surface area contributed by atoms with Crippen molar-refractivity contribution < 1.29 is 18.6 Å². The molecule has 0 aromatic heterocycles. The zero-order chi connectivity index (χ0) is 12.7. The predicted octanol–water partition coefficient (Wildman–Crippen LogP) is 2.88. The number of benzene rings is 1. The van der Waals surface area contributed by atoms with Crippen LogP contribution >= 0.6 is 0 Å². The molecule has 98 valence electrons. The van der Waals surface area contributed by atoms with Gasteiger partial charge >= 0.3 is 0 Å². The fourth-order valence-corrected chi connectivity index (χ4v) is 2.41. The molecule has 2 heterocycles. The first-order valence-corrected chi connectivity index (χ1v) is 6.39. The number of ether oxygens (including phenoxy) is 3. The number of halogens is 1. The summed E-state index contributed by atoms with van der Waals surface area (Å²) in [4.78, 5) is 0. The van der Waals surface area contributed by atoms with Crippen LogP contribution in [-0.2, 0) is 4.74 Å². The fraction of sp³-hybridized carbons (Fsp3) is 0.571. The van der Waals surface area contributed by atoms with Gasteiger partial charge in [-0.2, -0.15) is 0 Å². The van der Waals surface area contributed by atoms with Crippen LogP contribution in [0.1, 0.15) is 31.7 Å². The molecule has 0 saturated carbocycles. The van der Waals surface area contributed by atoms with Crippen LogP contribution in [-0.4, -0.2) is 25.4 Å². The lowest BCUT2D eigenvalue weighted by atomic mass is 9.94. The molecule has 0 spiro atoms. The maximum atomic E-state index is 14.0. The topological polar surface area (TPSA) is 31.0 Å². The zero-order valence-electron chi connectivity index (χ0n) is 10.6. The first-order valence-electron chi connectivity index (χ1n) is 6.39. The molecule has 18 heavy (non-hydrogen) atoms. The van der Waals surface area contributed by atoms with E-state index in [1.54, 1.807) is 6.07 Å². The van der Waals surface area contributed by atoms with Gasteiger partial charge in [-0.25, -0.2) is 4.39 Å². The van der Waals surface area contributed by atoms with Crippen LogP contribution in [0.15, 0.2) is 12.1 Å². The number of hydrogen-bond acceptors (Lipinski definition) is 3. The van der Waals surface area contributed by atoms with Crippen molar-refractivity contribution in [3.63, 3.8) is 0 Å². The Labute approximate surface area is 106 Å². The Balaban J connectivity index is 1.82. The second-order valence-corrected chi connectivity index (χ2v) is 5.03. The Bertz CT molecular complexity index is 461. The molecule has 0 amide bonds. The van der Waals surface area contributed by atoms with E-state index in [0.29, 0.717) is 36.4 Å². The minimum absolute atomic E-state index is 0.121. The van der Waals surface area contributed by atoms with Gasteiger partial charge in [0.2, 0.25) is 0 Å². The molecule has 0 aliphatic carbocycles. The minimum Gasteiger partial charge on any atom is -0.486 e. The number of fused-ring (bicyclic) bond motifs is 1. The van der Waals surface area contributed by atoms with E-state index in [2.05, 4.69) is 0 Å². The number of epoxide rings is 1. The van der Waals surface area contributed by atoms with Crippen LogP contribution in [0.5, 0.6) is 11.5 Å². The van der Waals surface area contributed by atoms with Gasteiger partial charge in [-0.1, -0.05) is 6.92 Å². The van der Waals surface area contributed by atoms with Gasteiger partial charge in [-0.05, 0) is 30.9 Å². The van der Waals surface area contributed by atoms with E-state index in [4.69, 9.17) is 14.2 Å². The number of hydrogen-bond donors (Lipinski definition) is 0. The van der Waals surface area contributed by atoms with Crippen molar-refractivity contribution in [3.8, 4) is 11.5 Å². The third kappa shape index (κ3) is 2.17. The molecule has 0 radical (unpaired) electrons. The van der Waals surface area contributed by atoms with Crippen LogP contribution in [0, 0.1) is 5.82 Å². The second kappa shape index (κ2) is 4.43. The van der Waals surface area contributed by atoms with Gasteiger partial charge < -0.3 is 14.2 Å². The van der Waals surface area contributed by atoms with Crippen LogP contribution in [0.25, 0.3) is 0 Å². The highest BCUT2D eigenvalue weighted by Crippen LogP contribution is 2.38. The molecule has 1 aromatic carbocycles. The van der Waals surface area contributed by atoms with Crippen LogP contribution in [0.3, 0.4) is 0 Å². The quantitative estimate of drug-likeness (QED) is 0.775. The summed E-state index contributed by atoms with van der Waals surface area (Å²) in [5, 5.41) is 0. The van der Waals surface area contributed by atoms with Gasteiger partial charge in [-0.15, -0.1) is 0 Å². The minimum atomic E-state index is -0.222. The van der Waals surface area contributed by atoms with Crippen molar-refractivity contribution in [1.82, 2.24) is 0 Å². The standard InChI is InChI=1S/C14H17FO3/c1-8(5-12-9(2)18-12)10-6-13-14(7-11(10)15)17-4-3-16-13/h6-9,12H,3-5H2,1-2H3. The second-order valence-electron chi connectivity index (χ2n) is 5.03. The molecule has 3 unspecified atom stereocenters. The van der Waals surface area contributed by atoms with E-state index in [1.165, 1.54) is 6.07 Å². The molecule has 2 aliphatic heterocycles. The lowest BCUT2D eigenvalue weighted by molar-refractivity contribution is 0.170. The van der Waals surface area contributed by atoms with E-state index in [1.807, 2.05) is 13.8 Å². The molecular weight excluding hydrogens is 235 g/mol. The molecule has 0 bridgehead atoms. The third-order valence-corrected chi connectivity index (χ3v) is 3.61. The lowest BCUT2D eigenvalue weighted by Crippen LogP contribution is -2.16. The van der Waals surface area contributed by atoms with Gasteiger partial charge in [0.15, 0.2) is 11.5 Å². The summed E-state index contributed by atoms with van der Waals surface area (Å²) >= 11 is 0. The van der Waals surface area contributed by atoms with Crippen molar-refractivity contribution in [1.29, 1.82) is 0 Å². The smallest absolute Gasteiger partial charge is 0.164 e. The molecule has 3 atom stereocenters. The summed E-state index contributed by atoms with van der Waals surface area (Å²) in [6, 6.07) is 3.19. The largest absolute Gasteiger partial charge is 0.486 e. The van der Waals surface area contributed by atoms with E-state index in [-0.39, 0.29) is 17.8 Å². The van der Waals surface area contributed by atoms with Crippen molar-refractivity contribution in [2.24, 2.45) is 0 Å². The summed E-state index contributed by atoms with van der Waals surface area (Å²) in [7, 11) is 0. The Kier molecular flexibility index (Phi) is 2.90. The Morgan fingerprint density at radius 3 is 2.50 bits per heavy atom. The summed E-state index contributed by atoms with van der Waals surface area (Å²) < 4.78 is 30.3. The lowest BCUT2D eigenvalue weighted by Gasteiger charge is -2.21. The molecule has 2 aliphatic rings. The molecule has 1 aromatic rings. The Morgan fingerprint density at radius 2 is 1.89 bits per heavy atom. The molecule has 0 N–H and O–H groups in total. The highest BCUT2D eigenvalue weighted by atomic mass is 19.1. The van der Waals surface area contributed by atoms with Crippen molar-refractivity contribution in [2.75, 3.05) is 13.2 Å². The monoisotopic (exact) mass is 252 g/mol. The normalized spacial score (nSPS) is 26.8. The first kappa shape index (κ1) is 11.8. The Hall–Kier alpha value is -1.29. The van der Waals surface area contributed by atoms with Crippen LogP contribution in [0.2, 0.25) is 0 Å². The summed E-state index contributed by atoms with van der Waals surface area (Å²) in [5.41, 5.74) is 0.682. The van der Waals surface area contributed by atoms with Gasteiger partial charge in [0.05, 0.1) is 12.2 Å². The summed E-state index contributed by atoms with van der Waals surface area (Å²) in [6.07, 6.45) is 1.43. The van der Waals surface area contributed by atoms with Crippen LogP contribution in [0.4, 0.5) is 4.39 Å². The third-order valence-electron chi connectivity index (χ3n) is 3.61. The van der Waals surface area contributed by atoms with Crippen LogP contribution < -0.4 is 9.47 Å². The van der Waals surface area contributed by atoms with Gasteiger partial charge in [0, 0.05) is 6.07 Å². The van der Waals surface area contributed by atoms with E-state index in [0.717, 1.165) is 6.42 Å². The van der Waals surface area contributed by atoms with E-state index < -0.39 is 0 Å². The molecule has 3 nitrogen and oxygen atoms in total. The SMILES string of the molecule is CC(CC1OC1C)c1cc2c(cc1F)OCCO2. The maximum absolute atomic E-state index is 14.0. The fourth-order valence-electron chi connectivity index (χ4n) is 2.41. The molecule has 4 heteroatoms. The van der Waals surface area contributed by atoms with Gasteiger partial charge in [0.25, 0.3) is 0 Å². The molecule has 1 fully saturated rings.